The smallest absolute Gasteiger partial charge is 0.290 e. The van der Waals surface area contributed by atoms with Crippen molar-refractivity contribution in [1.82, 2.24) is 19.0 Å². The zero-order valence-corrected chi connectivity index (χ0v) is 15.8. The number of β-amino-alcohol motifs (C(OH)–C–C–N with tert-alkyl or cyclic N) is 1. The Kier molecular flexibility index (Phi) is 8.14. The zero-order chi connectivity index (χ0) is 19.9. The van der Waals surface area contributed by atoms with Crippen molar-refractivity contribution in [1.29, 1.82) is 0 Å². The molecule has 11 nitrogen and oxygen atoms in total. The van der Waals surface area contributed by atoms with E-state index in [9.17, 15) is 18.3 Å². The van der Waals surface area contributed by atoms with E-state index < -0.39 is 22.0 Å². The molecule has 148 valence electrons. The Labute approximate surface area is 152 Å². The molecule has 26 heavy (non-hydrogen) atoms. The van der Waals surface area contributed by atoms with Crippen molar-refractivity contribution in [3.63, 3.8) is 0 Å². The predicted octanol–water partition coefficient (Wildman–Crippen LogP) is -1.76. The second-order valence-corrected chi connectivity index (χ2v) is 8.34. The van der Waals surface area contributed by atoms with Crippen LogP contribution in [0.25, 0.3) is 0 Å². The van der Waals surface area contributed by atoms with Gasteiger partial charge < -0.3 is 15.5 Å². The number of carboxylic acid groups (broad SMARTS) is 1. The summed E-state index contributed by atoms with van der Waals surface area (Å²) < 4.78 is 26.6. The molecule has 0 radical (unpaired) electrons. The van der Waals surface area contributed by atoms with E-state index in [2.05, 4.69) is 10.4 Å². The second kappa shape index (κ2) is 9.62. The second-order valence-electron chi connectivity index (χ2n) is 6.11. The van der Waals surface area contributed by atoms with Crippen molar-refractivity contribution in [2.75, 3.05) is 44.8 Å². The summed E-state index contributed by atoms with van der Waals surface area (Å²) in [6.07, 6.45) is 0.963. The third kappa shape index (κ3) is 6.71. The summed E-state index contributed by atoms with van der Waals surface area (Å²) in [6, 6.07) is 1.68. The van der Waals surface area contributed by atoms with Crippen molar-refractivity contribution in [3.05, 3.63) is 12.3 Å². The van der Waals surface area contributed by atoms with Crippen LogP contribution in [0.4, 0.5) is 5.82 Å². The van der Waals surface area contributed by atoms with Crippen LogP contribution in [0.3, 0.4) is 0 Å². The zero-order valence-electron chi connectivity index (χ0n) is 14.9. The molecule has 1 aromatic rings. The Balaban J connectivity index is 0.00000105. The lowest BCUT2D eigenvalue weighted by Gasteiger charge is -2.17. The fourth-order valence-corrected chi connectivity index (χ4v) is 3.69. The molecular formula is C14H25N5O6S. The fraction of sp³-hybridized carbons (Fsp3) is 0.643. The summed E-state index contributed by atoms with van der Waals surface area (Å²) in [5, 5.41) is 23.6. The molecular weight excluding hydrogens is 366 g/mol. The number of sulfonamides is 1. The number of anilines is 1. The number of aryl methyl sites for hydroxylation is 1. The number of amides is 1. The molecule has 12 heteroatoms. The molecule has 3 N–H and O–H groups in total. The van der Waals surface area contributed by atoms with Gasteiger partial charge in [-0.3, -0.25) is 19.2 Å². The van der Waals surface area contributed by atoms with Gasteiger partial charge >= 0.3 is 0 Å². The summed E-state index contributed by atoms with van der Waals surface area (Å²) in [5.41, 5.74) is 0. The number of nitrogens with zero attached hydrogens (tertiary/aromatic N) is 4. The molecule has 0 aliphatic carbocycles. The van der Waals surface area contributed by atoms with Crippen LogP contribution >= 0.6 is 0 Å². The van der Waals surface area contributed by atoms with Crippen molar-refractivity contribution in [2.45, 2.75) is 6.10 Å². The Morgan fingerprint density at radius 3 is 2.58 bits per heavy atom. The maximum atomic E-state index is 12.0. The molecule has 0 bridgehead atoms. The third-order valence-corrected chi connectivity index (χ3v) is 5.77. The number of hydrogen-bond acceptors (Lipinski definition) is 7. The van der Waals surface area contributed by atoms with E-state index in [1.165, 1.54) is 14.1 Å². The molecule has 1 saturated heterocycles. The Bertz CT molecular complexity index is 704. The fourth-order valence-electron chi connectivity index (χ4n) is 2.52. The summed E-state index contributed by atoms with van der Waals surface area (Å²) in [5.74, 6) is -0.305. The highest BCUT2D eigenvalue weighted by Gasteiger charge is 2.35. The largest absolute Gasteiger partial charge is 0.483 e. The van der Waals surface area contributed by atoms with E-state index >= 15 is 0 Å². The average Bonchev–Trinajstić information content (AvgIpc) is 3.05. The number of carbonyl (C=O) groups is 2. The standard InChI is InChI=1S/C13H23N5O4S.CH2O2/c1-16(2)23(21,22)9-10-6-18(7-11(10)19)8-13(20)14-12-4-5-17(3)15-12;2-1-3/h4-5,10-11,19H,6-9H2,1-3H3,(H,14,15,20);1H,(H,2,3)/t10-,11+;/m0./s1. The van der Waals surface area contributed by atoms with Crippen LogP contribution < -0.4 is 5.32 Å². The number of likely N-dealkylation sites (tertiary alicyclic amines) is 1. The van der Waals surface area contributed by atoms with Gasteiger partial charge in [-0.15, -0.1) is 0 Å². The van der Waals surface area contributed by atoms with Crippen LogP contribution in [0.2, 0.25) is 0 Å². The van der Waals surface area contributed by atoms with E-state index in [0.717, 1.165) is 4.31 Å². The van der Waals surface area contributed by atoms with Gasteiger partial charge in [-0.1, -0.05) is 0 Å². The number of hydrogen-bond donors (Lipinski definition) is 3. The molecule has 2 heterocycles. The highest BCUT2D eigenvalue weighted by molar-refractivity contribution is 7.89. The lowest BCUT2D eigenvalue weighted by molar-refractivity contribution is -0.123. The number of rotatable bonds is 6. The monoisotopic (exact) mass is 391 g/mol. The minimum atomic E-state index is -3.38. The van der Waals surface area contributed by atoms with Crippen LogP contribution in [-0.4, -0.2) is 95.6 Å². The van der Waals surface area contributed by atoms with Crippen molar-refractivity contribution >= 4 is 28.2 Å². The van der Waals surface area contributed by atoms with E-state index in [-0.39, 0.29) is 31.2 Å². The van der Waals surface area contributed by atoms with Crippen LogP contribution in [-0.2, 0) is 26.7 Å². The molecule has 0 unspecified atom stereocenters. The van der Waals surface area contributed by atoms with Crippen molar-refractivity contribution < 1.29 is 28.2 Å². The van der Waals surface area contributed by atoms with Gasteiger partial charge in [0.15, 0.2) is 5.82 Å². The van der Waals surface area contributed by atoms with E-state index in [1.807, 2.05) is 0 Å². The van der Waals surface area contributed by atoms with Gasteiger partial charge in [0.2, 0.25) is 15.9 Å². The number of aromatic nitrogens is 2. The summed E-state index contributed by atoms with van der Waals surface area (Å²) in [6.45, 7) is 0.485. The molecule has 1 aliphatic rings. The SMILES string of the molecule is CN(C)S(=O)(=O)C[C@@H]1CN(CC(=O)Nc2ccn(C)n2)C[C@H]1O.O=CO. The van der Waals surface area contributed by atoms with Crippen LogP contribution in [0.5, 0.6) is 0 Å². The number of carbonyl (C=O) groups excluding carboxylic acids is 1. The lowest BCUT2D eigenvalue weighted by atomic mass is 10.1. The van der Waals surface area contributed by atoms with Gasteiger partial charge in [-0.25, -0.2) is 12.7 Å². The van der Waals surface area contributed by atoms with Crippen LogP contribution in [0, 0.1) is 5.92 Å². The first-order chi connectivity index (χ1) is 12.1. The minimum Gasteiger partial charge on any atom is -0.483 e. The van der Waals surface area contributed by atoms with Crippen LogP contribution in [0.15, 0.2) is 12.3 Å². The highest BCUT2D eigenvalue weighted by Crippen LogP contribution is 2.19. The van der Waals surface area contributed by atoms with Crippen LogP contribution in [0.1, 0.15) is 0 Å². The van der Waals surface area contributed by atoms with Gasteiger partial charge in [-0.05, 0) is 0 Å². The first-order valence-electron chi connectivity index (χ1n) is 7.77. The summed E-state index contributed by atoms with van der Waals surface area (Å²) >= 11 is 0. The molecule has 0 saturated carbocycles. The molecule has 1 amide bonds. The topological polar surface area (TPSA) is 145 Å². The normalized spacial score (nSPS) is 20.5. The van der Waals surface area contributed by atoms with Gasteiger partial charge in [0.25, 0.3) is 6.47 Å². The molecule has 1 aromatic heterocycles. The molecule has 0 aromatic carbocycles. The molecule has 1 fully saturated rings. The number of aliphatic hydroxyl groups is 1. The summed E-state index contributed by atoms with van der Waals surface area (Å²) in [7, 11) is 1.31. The Hall–Kier alpha value is -2.02. The summed E-state index contributed by atoms with van der Waals surface area (Å²) in [4.78, 5) is 22.1. The van der Waals surface area contributed by atoms with Gasteiger partial charge in [0.1, 0.15) is 0 Å². The maximum absolute atomic E-state index is 12.0. The van der Waals surface area contributed by atoms with Crippen molar-refractivity contribution in [2.24, 2.45) is 13.0 Å². The van der Waals surface area contributed by atoms with E-state index in [0.29, 0.717) is 12.4 Å². The molecule has 1 aliphatic heterocycles. The van der Waals surface area contributed by atoms with Gasteiger partial charge in [0, 0.05) is 52.4 Å². The first-order valence-corrected chi connectivity index (χ1v) is 9.38. The van der Waals surface area contributed by atoms with Gasteiger partial charge in [0.05, 0.1) is 18.4 Å². The molecule has 2 rings (SSSR count). The minimum absolute atomic E-state index is 0.0894. The highest BCUT2D eigenvalue weighted by atomic mass is 32.2. The lowest BCUT2D eigenvalue weighted by Crippen LogP contribution is -2.34. The third-order valence-electron chi connectivity index (χ3n) is 3.81. The number of nitrogens with one attached hydrogen (secondary N) is 1. The number of aliphatic hydroxyl groups excluding tert-OH is 1. The molecule has 0 spiro atoms. The Morgan fingerprint density at radius 1 is 1.46 bits per heavy atom. The van der Waals surface area contributed by atoms with Crippen molar-refractivity contribution in [3.8, 4) is 0 Å². The maximum Gasteiger partial charge on any atom is 0.290 e. The Morgan fingerprint density at radius 2 is 2.08 bits per heavy atom. The van der Waals surface area contributed by atoms with E-state index in [1.54, 1.807) is 28.9 Å². The van der Waals surface area contributed by atoms with E-state index in [4.69, 9.17) is 9.90 Å². The predicted molar refractivity (Wildman–Crippen MR) is 93.9 cm³/mol. The first kappa shape index (κ1) is 22.0. The quantitative estimate of drug-likeness (QED) is 0.484. The average molecular weight is 391 g/mol. The van der Waals surface area contributed by atoms with Gasteiger partial charge in [-0.2, -0.15) is 5.10 Å². The molecule has 2 atom stereocenters.